The van der Waals surface area contributed by atoms with Crippen molar-refractivity contribution in [2.45, 2.75) is 26.0 Å². The van der Waals surface area contributed by atoms with Crippen molar-refractivity contribution in [3.8, 4) is 5.75 Å². The summed E-state index contributed by atoms with van der Waals surface area (Å²) < 4.78 is 6.96. The lowest BCUT2D eigenvalue weighted by molar-refractivity contribution is 0.0683. The maximum Gasteiger partial charge on any atom is 0.358 e. The Balaban J connectivity index is 1.97. The van der Waals surface area contributed by atoms with Gasteiger partial charge in [-0.15, -0.1) is 0 Å². The lowest BCUT2D eigenvalue weighted by atomic mass is 10.2. The zero-order valence-electron chi connectivity index (χ0n) is 11.3. The van der Waals surface area contributed by atoms with Crippen molar-refractivity contribution in [3.05, 3.63) is 57.8 Å². The largest absolute Gasteiger partial charge is 0.481 e. The molecule has 0 unspecified atom stereocenters. The Labute approximate surface area is 120 Å². The number of fused-ring (bicyclic) bond motifs is 1. The number of hydrogen-bond acceptors (Lipinski definition) is 4. The molecule has 1 aromatic carbocycles. The van der Waals surface area contributed by atoms with Crippen molar-refractivity contribution in [1.29, 1.82) is 0 Å². The number of nitrogens with zero attached hydrogens (tertiary/aromatic N) is 2. The van der Waals surface area contributed by atoms with E-state index in [-0.39, 0.29) is 18.1 Å². The summed E-state index contributed by atoms with van der Waals surface area (Å²) in [5.41, 5.74) is 0.147. The van der Waals surface area contributed by atoms with E-state index in [0.29, 0.717) is 18.8 Å². The van der Waals surface area contributed by atoms with Gasteiger partial charge >= 0.3 is 5.97 Å². The number of carboxylic acids is 1. The van der Waals surface area contributed by atoms with Crippen LogP contribution in [-0.4, -0.2) is 20.6 Å². The molecule has 6 heteroatoms. The first-order valence-corrected chi connectivity index (χ1v) is 6.70. The van der Waals surface area contributed by atoms with Crippen LogP contribution in [0.2, 0.25) is 0 Å². The summed E-state index contributed by atoms with van der Waals surface area (Å²) >= 11 is 0. The quantitative estimate of drug-likeness (QED) is 0.920. The molecule has 6 nitrogen and oxygen atoms in total. The molecule has 21 heavy (non-hydrogen) atoms. The van der Waals surface area contributed by atoms with Gasteiger partial charge in [0.15, 0.2) is 5.69 Å². The predicted molar refractivity (Wildman–Crippen MR) is 74.6 cm³/mol. The normalized spacial score (nSPS) is 13.0. The van der Waals surface area contributed by atoms with Crippen LogP contribution in [-0.2, 0) is 19.6 Å². The van der Waals surface area contributed by atoms with Gasteiger partial charge in [0.25, 0.3) is 5.56 Å². The predicted octanol–water partition coefficient (Wildman–Crippen LogP) is 1.47. The Bertz CT molecular complexity index is 737. The van der Waals surface area contributed by atoms with Crippen molar-refractivity contribution >= 4 is 5.97 Å². The van der Waals surface area contributed by atoms with E-state index in [9.17, 15) is 14.7 Å². The van der Waals surface area contributed by atoms with Crippen LogP contribution in [0.15, 0.2) is 35.1 Å². The number of aryl methyl sites for hydroxylation is 1. The standard InChI is InChI=1S/C15H14N2O4/c18-14-13(21-9-10-5-2-1-3-6-10)12(15(19)20)16-11-7-4-8-17(11)14/h1-3,5-6H,4,7-9H2,(H,19,20). The number of aromatic carboxylic acids is 1. The van der Waals surface area contributed by atoms with Crippen molar-refractivity contribution in [2.24, 2.45) is 0 Å². The maximum absolute atomic E-state index is 12.3. The fourth-order valence-corrected chi connectivity index (χ4v) is 2.40. The molecule has 2 aromatic rings. The lowest BCUT2D eigenvalue weighted by Gasteiger charge is -2.11. The van der Waals surface area contributed by atoms with E-state index >= 15 is 0 Å². The van der Waals surface area contributed by atoms with Crippen LogP contribution in [0.25, 0.3) is 0 Å². The maximum atomic E-state index is 12.3. The highest BCUT2D eigenvalue weighted by atomic mass is 16.5. The molecule has 0 spiro atoms. The SMILES string of the molecule is O=C(O)c1nc2n(c(=O)c1OCc1ccccc1)CCC2. The molecule has 1 aromatic heterocycles. The molecule has 1 aliphatic heterocycles. The van der Waals surface area contributed by atoms with Crippen LogP contribution in [0.4, 0.5) is 0 Å². The van der Waals surface area contributed by atoms with E-state index in [2.05, 4.69) is 4.98 Å². The Hall–Kier alpha value is -2.63. The number of benzene rings is 1. The van der Waals surface area contributed by atoms with Crippen LogP contribution >= 0.6 is 0 Å². The summed E-state index contributed by atoms with van der Waals surface area (Å²) in [4.78, 5) is 27.7. The molecule has 0 amide bonds. The summed E-state index contributed by atoms with van der Waals surface area (Å²) in [7, 11) is 0. The summed E-state index contributed by atoms with van der Waals surface area (Å²) in [6.45, 7) is 0.695. The van der Waals surface area contributed by atoms with Crippen LogP contribution in [0.3, 0.4) is 0 Å². The van der Waals surface area contributed by atoms with Gasteiger partial charge in [0.2, 0.25) is 5.75 Å². The van der Waals surface area contributed by atoms with E-state index in [1.54, 1.807) is 0 Å². The third-order valence-corrected chi connectivity index (χ3v) is 3.42. The molecule has 3 rings (SSSR count). The summed E-state index contributed by atoms with van der Waals surface area (Å²) in [6.07, 6.45) is 1.41. The number of carboxylic acid groups (broad SMARTS) is 1. The summed E-state index contributed by atoms with van der Waals surface area (Å²) in [5.74, 6) is -0.910. The topological polar surface area (TPSA) is 81.4 Å². The smallest absolute Gasteiger partial charge is 0.358 e. The fraction of sp³-hybridized carbons (Fsp3) is 0.267. The average Bonchev–Trinajstić information content (AvgIpc) is 2.96. The van der Waals surface area contributed by atoms with Gasteiger partial charge in [0.1, 0.15) is 12.4 Å². The number of aromatic nitrogens is 2. The molecule has 0 atom stereocenters. The lowest BCUT2D eigenvalue weighted by Crippen LogP contribution is -2.26. The first-order chi connectivity index (χ1) is 10.2. The number of carbonyl (C=O) groups is 1. The van der Waals surface area contributed by atoms with Crippen LogP contribution in [0, 0.1) is 0 Å². The van der Waals surface area contributed by atoms with Crippen molar-refractivity contribution < 1.29 is 14.6 Å². The molecule has 0 aliphatic carbocycles. The van der Waals surface area contributed by atoms with Gasteiger partial charge < -0.3 is 9.84 Å². The molecular weight excluding hydrogens is 272 g/mol. The van der Waals surface area contributed by atoms with Crippen molar-refractivity contribution in [1.82, 2.24) is 9.55 Å². The van der Waals surface area contributed by atoms with Gasteiger partial charge in [-0.1, -0.05) is 30.3 Å². The highest BCUT2D eigenvalue weighted by molar-refractivity contribution is 5.88. The molecule has 0 saturated carbocycles. The third kappa shape index (κ3) is 2.52. The van der Waals surface area contributed by atoms with Crippen molar-refractivity contribution in [3.63, 3.8) is 0 Å². The van der Waals surface area contributed by atoms with Gasteiger partial charge in [-0.05, 0) is 12.0 Å². The number of rotatable bonds is 4. The number of ether oxygens (including phenoxy) is 1. The van der Waals surface area contributed by atoms with Gasteiger partial charge in [-0.2, -0.15) is 0 Å². The minimum absolute atomic E-state index is 0.136. The van der Waals surface area contributed by atoms with Gasteiger partial charge in [-0.3, -0.25) is 9.36 Å². The van der Waals surface area contributed by atoms with E-state index in [1.165, 1.54) is 4.57 Å². The third-order valence-electron chi connectivity index (χ3n) is 3.42. The van der Waals surface area contributed by atoms with E-state index in [0.717, 1.165) is 12.0 Å². The van der Waals surface area contributed by atoms with Crippen LogP contribution in [0.1, 0.15) is 28.3 Å². The summed E-state index contributed by atoms with van der Waals surface area (Å²) in [5, 5.41) is 9.23. The molecule has 0 saturated heterocycles. The molecule has 1 aliphatic rings. The molecule has 108 valence electrons. The molecule has 1 N–H and O–H groups in total. The second-order valence-corrected chi connectivity index (χ2v) is 4.85. The van der Waals surface area contributed by atoms with Gasteiger partial charge in [0.05, 0.1) is 0 Å². The Kier molecular flexibility index (Phi) is 3.43. The Morgan fingerprint density at radius 1 is 1.33 bits per heavy atom. The first kappa shape index (κ1) is 13.4. The second kappa shape index (κ2) is 5.40. The summed E-state index contributed by atoms with van der Waals surface area (Å²) in [6, 6.07) is 9.27. The fourth-order valence-electron chi connectivity index (χ4n) is 2.40. The van der Waals surface area contributed by atoms with E-state index < -0.39 is 11.5 Å². The van der Waals surface area contributed by atoms with Crippen molar-refractivity contribution in [2.75, 3.05) is 0 Å². The molecule has 0 fully saturated rings. The second-order valence-electron chi connectivity index (χ2n) is 4.85. The minimum Gasteiger partial charge on any atom is -0.481 e. The zero-order chi connectivity index (χ0) is 14.8. The van der Waals surface area contributed by atoms with E-state index in [4.69, 9.17) is 4.74 Å². The molecule has 0 bridgehead atoms. The molecule has 0 radical (unpaired) electrons. The highest BCUT2D eigenvalue weighted by Crippen LogP contribution is 2.18. The van der Waals surface area contributed by atoms with Gasteiger partial charge in [-0.25, -0.2) is 9.78 Å². The van der Waals surface area contributed by atoms with Crippen LogP contribution in [0.5, 0.6) is 5.75 Å². The Morgan fingerprint density at radius 3 is 2.81 bits per heavy atom. The monoisotopic (exact) mass is 286 g/mol. The van der Waals surface area contributed by atoms with E-state index in [1.807, 2.05) is 30.3 Å². The number of hydrogen-bond donors (Lipinski definition) is 1. The highest BCUT2D eigenvalue weighted by Gasteiger charge is 2.24. The Morgan fingerprint density at radius 2 is 2.10 bits per heavy atom. The zero-order valence-corrected chi connectivity index (χ0v) is 11.3. The van der Waals surface area contributed by atoms with Crippen LogP contribution < -0.4 is 10.3 Å². The first-order valence-electron chi connectivity index (χ1n) is 6.70. The minimum atomic E-state index is -1.24. The van der Waals surface area contributed by atoms with Gasteiger partial charge in [0, 0.05) is 13.0 Å². The molecular formula is C15H14N2O4. The molecule has 2 heterocycles. The average molecular weight is 286 g/mol.